The maximum atomic E-state index is 12.7. The smallest absolute Gasteiger partial charge is 0.319 e. The Hall–Kier alpha value is -3.19. The molecule has 3 amide bonds. The van der Waals surface area contributed by atoms with Crippen molar-refractivity contribution >= 4 is 57.6 Å². The first-order chi connectivity index (χ1) is 15.3. The Balaban J connectivity index is 1.40. The van der Waals surface area contributed by atoms with Crippen molar-refractivity contribution in [1.29, 1.82) is 0 Å². The van der Waals surface area contributed by atoms with E-state index in [1.54, 1.807) is 0 Å². The molecule has 2 fully saturated rings. The topological polar surface area (TPSA) is 154 Å². The first kappa shape index (κ1) is 22.0. The van der Waals surface area contributed by atoms with Gasteiger partial charge < -0.3 is 26.0 Å². The number of aliphatic carboxylic acids is 1. The lowest BCUT2D eigenvalue weighted by atomic mass is 9.88. The predicted molar refractivity (Wildman–Crippen MR) is 118 cm³/mol. The number of carboxylic acids is 1. The number of para-hydroxylation sites is 1. The van der Waals surface area contributed by atoms with Crippen LogP contribution in [0, 0.1) is 0 Å². The summed E-state index contributed by atoms with van der Waals surface area (Å²) < 4.78 is 0. The van der Waals surface area contributed by atoms with Crippen molar-refractivity contribution in [2.75, 3.05) is 29.5 Å². The molecule has 4 rings (SSSR count). The van der Waals surface area contributed by atoms with Gasteiger partial charge in [-0.15, -0.1) is 22.0 Å². The summed E-state index contributed by atoms with van der Waals surface area (Å²) >= 11 is 2.25. The molecule has 2 aliphatic rings. The van der Waals surface area contributed by atoms with E-state index >= 15 is 0 Å². The number of benzene rings is 1. The number of thioether (sulfide) groups is 1. The van der Waals surface area contributed by atoms with Crippen LogP contribution >= 0.6 is 23.1 Å². The highest BCUT2D eigenvalue weighted by atomic mass is 32.2. The molecule has 0 aliphatic carbocycles. The fourth-order valence-electron chi connectivity index (χ4n) is 3.51. The second-order valence-corrected chi connectivity index (χ2v) is 9.50. The van der Waals surface area contributed by atoms with Gasteiger partial charge in [0.1, 0.15) is 21.8 Å². The summed E-state index contributed by atoms with van der Waals surface area (Å²) in [5.74, 6) is -1.98. The van der Waals surface area contributed by atoms with Crippen molar-refractivity contribution in [1.82, 2.24) is 20.4 Å². The number of carbonyl (C=O) groups excluding carboxylic acids is 3. The molecule has 11 nitrogen and oxygen atoms in total. The first-order valence-corrected chi connectivity index (χ1v) is 11.5. The minimum absolute atomic E-state index is 0.0148. The standard InChI is InChI=1S/C19H20N6O5S2/c1-10(26)21-18-24-23-16(32-18)19(17(29)30)8-25-14(28)13(15(25)31-9-19)22-12(27)7-20-11-5-3-2-4-6-11/h2-6,13,15,20H,7-9H2,1H3,(H,22,27)(H,29,30)(H,21,24,26)/t13?,15-,19?/m1/s1. The summed E-state index contributed by atoms with van der Waals surface area (Å²) in [4.78, 5) is 49.8. The molecule has 3 atom stereocenters. The number of amides is 3. The molecule has 3 heterocycles. The molecule has 0 radical (unpaired) electrons. The lowest BCUT2D eigenvalue weighted by molar-refractivity contribution is -0.154. The molecule has 1 aromatic heterocycles. The number of hydrogen-bond acceptors (Lipinski definition) is 9. The van der Waals surface area contributed by atoms with Crippen LogP contribution in [0.5, 0.6) is 0 Å². The average molecular weight is 477 g/mol. The Kier molecular flexibility index (Phi) is 6.02. The Morgan fingerprint density at radius 1 is 1.25 bits per heavy atom. The summed E-state index contributed by atoms with van der Waals surface area (Å²) in [6.45, 7) is 1.25. The fraction of sp³-hybridized carbons (Fsp3) is 0.368. The van der Waals surface area contributed by atoms with Gasteiger partial charge in [-0.05, 0) is 12.1 Å². The van der Waals surface area contributed by atoms with Gasteiger partial charge in [0.2, 0.25) is 22.9 Å². The maximum Gasteiger partial charge on any atom is 0.319 e. The first-order valence-electron chi connectivity index (χ1n) is 9.65. The van der Waals surface area contributed by atoms with Gasteiger partial charge in [0.15, 0.2) is 0 Å². The maximum absolute atomic E-state index is 12.7. The van der Waals surface area contributed by atoms with E-state index in [2.05, 4.69) is 26.1 Å². The van der Waals surface area contributed by atoms with Crippen LogP contribution in [0.4, 0.5) is 10.8 Å². The van der Waals surface area contributed by atoms with Crippen molar-refractivity contribution in [3.05, 3.63) is 35.3 Å². The van der Waals surface area contributed by atoms with Crippen LogP contribution in [-0.4, -0.2) is 74.2 Å². The van der Waals surface area contributed by atoms with Crippen molar-refractivity contribution in [3.63, 3.8) is 0 Å². The number of nitrogens with one attached hydrogen (secondary N) is 3. The van der Waals surface area contributed by atoms with E-state index < -0.39 is 17.4 Å². The summed E-state index contributed by atoms with van der Waals surface area (Å²) in [5.41, 5.74) is -0.645. The monoisotopic (exact) mass is 476 g/mol. The van der Waals surface area contributed by atoms with Crippen LogP contribution < -0.4 is 16.0 Å². The summed E-state index contributed by atoms with van der Waals surface area (Å²) in [6.07, 6.45) is 0. The third-order valence-electron chi connectivity index (χ3n) is 5.15. The van der Waals surface area contributed by atoms with E-state index in [4.69, 9.17) is 0 Å². The Labute approximate surface area is 191 Å². The Morgan fingerprint density at radius 3 is 2.69 bits per heavy atom. The van der Waals surface area contributed by atoms with E-state index in [-0.39, 0.29) is 52.1 Å². The zero-order valence-corrected chi connectivity index (χ0v) is 18.5. The summed E-state index contributed by atoms with van der Waals surface area (Å²) in [6, 6.07) is 8.51. The van der Waals surface area contributed by atoms with E-state index in [0.717, 1.165) is 17.0 Å². The van der Waals surface area contributed by atoms with Crippen molar-refractivity contribution < 1.29 is 24.3 Å². The van der Waals surface area contributed by atoms with Crippen molar-refractivity contribution in [3.8, 4) is 0 Å². The zero-order chi connectivity index (χ0) is 22.9. The minimum Gasteiger partial charge on any atom is -0.480 e. The van der Waals surface area contributed by atoms with E-state index in [0.29, 0.717) is 0 Å². The highest BCUT2D eigenvalue weighted by molar-refractivity contribution is 8.00. The predicted octanol–water partition coefficient (Wildman–Crippen LogP) is 0.331. The fourth-order valence-corrected chi connectivity index (χ4v) is 6.10. The van der Waals surface area contributed by atoms with Gasteiger partial charge in [-0.25, -0.2) is 0 Å². The molecule has 2 aromatic rings. The third-order valence-corrected chi connectivity index (χ3v) is 7.72. The van der Waals surface area contributed by atoms with Gasteiger partial charge in [0.05, 0.1) is 6.54 Å². The highest BCUT2D eigenvalue weighted by Gasteiger charge is 2.59. The van der Waals surface area contributed by atoms with Gasteiger partial charge in [-0.2, -0.15) is 0 Å². The Morgan fingerprint density at radius 2 is 2.00 bits per heavy atom. The molecule has 13 heteroatoms. The van der Waals surface area contributed by atoms with Gasteiger partial charge >= 0.3 is 5.97 Å². The molecule has 1 aromatic carbocycles. The Bertz CT molecular complexity index is 1060. The molecule has 0 bridgehead atoms. The number of fused-ring (bicyclic) bond motifs is 1. The highest BCUT2D eigenvalue weighted by Crippen LogP contribution is 2.44. The summed E-state index contributed by atoms with van der Waals surface area (Å²) in [5, 5.41) is 26.0. The van der Waals surface area contributed by atoms with E-state index in [1.165, 1.54) is 23.6 Å². The van der Waals surface area contributed by atoms with Gasteiger partial charge in [-0.3, -0.25) is 19.2 Å². The second-order valence-electron chi connectivity index (χ2n) is 7.41. The van der Waals surface area contributed by atoms with Crippen LogP contribution in [0.1, 0.15) is 11.9 Å². The third kappa shape index (κ3) is 4.12. The molecule has 32 heavy (non-hydrogen) atoms. The van der Waals surface area contributed by atoms with Gasteiger partial charge in [0.25, 0.3) is 0 Å². The zero-order valence-electron chi connectivity index (χ0n) is 16.9. The SMILES string of the molecule is CC(=O)Nc1nnc(C2(C(=O)O)CS[C@@H]3C(NC(=O)CNc4ccccc4)C(=O)N3C2)s1. The minimum atomic E-state index is -1.44. The average Bonchev–Trinajstić information content (AvgIpc) is 3.24. The second kappa shape index (κ2) is 8.74. The van der Waals surface area contributed by atoms with Crippen LogP contribution in [0.2, 0.25) is 0 Å². The van der Waals surface area contributed by atoms with Crippen LogP contribution in [0.3, 0.4) is 0 Å². The van der Waals surface area contributed by atoms with Crippen LogP contribution in [0.25, 0.3) is 0 Å². The molecule has 0 spiro atoms. The number of carboxylic acid groups (broad SMARTS) is 1. The molecule has 2 saturated heterocycles. The number of nitrogens with zero attached hydrogens (tertiary/aromatic N) is 3. The molecule has 168 valence electrons. The molecule has 4 N–H and O–H groups in total. The molecule has 2 aliphatic heterocycles. The molecule has 0 saturated carbocycles. The number of anilines is 2. The van der Waals surface area contributed by atoms with Gasteiger partial charge in [0, 0.05) is 24.9 Å². The van der Waals surface area contributed by atoms with E-state index in [9.17, 15) is 24.3 Å². The number of carbonyl (C=O) groups is 4. The molecular weight excluding hydrogens is 456 g/mol. The lowest BCUT2D eigenvalue weighted by Gasteiger charge is -2.53. The van der Waals surface area contributed by atoms with Crippen LogP contribution in [-0.2, 0) is 24.6 Å². The van der Waals surface area contributed by atoms with E-state index in [1.807, 2.05) is 30.3 Å². The van der Waals surface area contributed by atoms with Crippen molar-refractivity contribution in [2.24, 2.45) is 0 Å². The number of β-lactam (4-membered cyclic amide) rings is 1. The lowest BCUT2D eigenvalue weighted by Crippen LogP contribution is -2.74. The number of aromatic nitrogens is 2. The largest absolute Gasteiger partial charge is 0.480 e. The summed E-state index contributed by atoms with van der Waals surface area (Å²) in [7, 11) is 0. The number of hydrogen-bond donors (Lipinski definition) is 4. The van der Waals surface area contributed by atoms with Crippen molar-refractivity contribution in [2.45, 2.75) is 23.8 Å². The quantitative estimate of drug-likeness (QED) is 0.414. The molecule has 2 unspecified atom stereocenters. The van der Waals surface area contributed by atoms with Gasteiger partial charge in [-0.1, -0.05) is 29.5 Å². The normalized spacial score (nSPS) is 24.2. The van der Waals surface area contributed by atoms with Crippen LogP contribution in [0.15, 0.2) is 30.3 Å². The molecular formula is C19H20N6O5S2. The number of rotatable bonds is 7.